The normalized spacial score (nSPS) is 23.1. The predicted octanol–water partition coefficient (Wildman–Crippen LogP) is 2.39. The second-order valence-corrected chi connectivity index (χ2v) is 5.16. The third kappa shape index (κ3) is 2.34. The van der Waals surface area contributed by atoms with Crippen LogP contribution in [0.15, 0.2) is 12.1 Å². The third-order valence-electron chi connectivity index (χ3n) is 3.56. The van der Waals surface area contributed by atoms with Gasteiger partial charge in [-0.25, -0.2) is 0 Å². The fraction of sp³-hybridized carbons (Fsp3) is 0.500. The maximum absolute atomic E-state index is 12.2. The lowest BCUT2D eigenvalue weighted by atomic mass is 10.0. The van der Waals surface area contributed by atoms with Crippen molar-refractivity contribution in [2.24, 2.45) is 0 Å². The minimum atomic E-state index is -0.702. The molecule has 1 atom stereocenters. The highest BCUT2D eigenvalue weighted by Crippen LogP contribution is 2.28. The molecule has 1 unspecified atom stereocenters. The van der Waals surface area contributed by atoms with Crippen molar-refractivity contribution in [3.63, 3.8) is 0 Å². The Morgan fingerprint density at radius 3 is 2.72 bits per heavy atom. The molecule has 0 bridgehead atoms. The van der Waals surface area contributed by atoms with E-state index in [1.54, 1.807) is 6.07 Å². The highest BCUT2D eigenvalue weighted by Gasteiger charge is 2.37. The molecular formula is C14H20N2O2. The van der Waals surface area contributed by atoms with Crippen LogP contribution >= 0.6 is 0 Å². The molecule has 0 aromatic heterocycles. The molecule has 0 saturated carbocycles. The van der Waals surface area contributed by atoms with Crippen molar-refractivity contribution in [1.82, 2.24) is 0 Å². The number of nitrogen functional groups attached to an aromatic ring is 1. The molecule has 1 fully saturated rings. The first kappa shape index (κ1) is 12.9. The summed E-state index contributed by atoms with van der Waals surface area (Å²) in [5.74, 6) is -0.0913. The number of amides is 1. The second-order valence-electron chi connectivity index (χ2n) is 5.16. The maximum atomic E-state index is 12.2. The van der Waals surface area contributed by atoms with Crippen molar-refractivity contribution in [1.29, 1.82) is 0 Å². The monoisotopic (exact) mass is 248 g/mol. The first-order chi connectivity index (χ1) is 8.42. The van der Waals surface area contributed by atoms with Crippen LogP contribution in [0.5, 0.6) is 0 Å². The predicted molar refractivity (Wildman–Crippen MR) is 72.5 cm³/mol. The first-order valence-electron chi connectivity index (χ1n) is 6.24. The number of hydrogen-bond donors (Lipinski definition) is 2. The van der Waals surface area contributed by atoms with Gasteiger partial charge in [-0.15, -0.1) is 0 Å². The maximum Gasteiger partial charge on any atom is 0.256 e. The summed E-state index contributed by atoms with van der Waals surface area (Å²) < 4.78 is 5.52. The van der Waals surface area contributed by atoms with Gasteiger partial charge in [-0.1, -0.05) is 6.07 Å². The lowest BCUT2D eigenvalue weighted by Gasteiger charge is -2.22. The first-order valence-corrected chi connectivity index (χ1v) is 6.24. The Labute approximate surface area is 108 Å². The molecule has 4 heteroatoms. The van der Waals surface area contributed by atoms with E-state index in [-0.39, 0.29) is 5.91 Å². The zero-order chi connectivity index (χ0) is 13.3. The molecular weight excluding hydrogens is 228 g/mol. The Morgan fingerprint density at radius 1 is 1.39 bits per heavy atom. The van der Waals surface area contributed by atoms with E-state index in [0.717, 1.165) is 29.7 Å². The Hall–Kier alpha value is -1.55. The number of ether oxygens (including phenoxy) is 1. The Morgan fingerprint density at radius 2 is 2.11 bits per heavy atom. The molecule has 0 radical (unpaired) electrons. The van der Waals surface area contributed by atoms with Gasteiger partial charge >= 0.3 is 0 Å². The summed E-state index contributed by atoms with van der Waals surface area (Å²) in [6.45, 7) is 6.40. The van der Waals surface area contributed by atoms with E-state index in [0.29, 0.717) is 12.3 Å². The molecule has 2 rings (SSSR count). The van der Waals surface area contributed by atoms with Crippen LogP contribution in [0.25, 0.3) is 0 Å². The smallest absolute Gasteiger partial charge is 0.256 e. The van der Waals surface area contributed by atoms with Gasteiger partial charge in [0, 0.05) is 18.0 Å². The standard InChI is InChI=1S/C14H20N2O2/c1-9-7-10(2)12(8-11(9)15)16-13(17)14(3)5-4-6-18-14/h7-8H,4-6,15H2,1-3H3,(H,16,17). The van der Waals surface area contributed by atoms with Gasteiger partial charge in [0.05, 0.1) is 0 Å². The number of anilines is 2. The van der Waals surface area contributed by atoms with E-state index < -0.39 is 5.60 Å². The topological polar surface area (TPSA) is 64.3 Å². The number of nitrogens with two attached hydrogens (primary N) is 1. The number of carbonyl (C=O) groups excluding carboxylic acids is 1. The molecule has 1 aliphatic heterocycles. The average molecular weight is 248 g/mol. The zero-order valence-corrected chi connectivity index (χ0v) is 11.2. The highest BCUT2D eigenvalue weighted by atomic mass is 16.5. The molecule has 1 aromatic carbocycles. The van der Waals surface area contributed by atoms with Crippen LogP contribution in [0, 0.1) is 13.8 Å². The van der Waals surface area contributed by atoms with Gasteiger partial charge in [-0.2, -0.15) is 0 Å². The fourth-order valence-corrected chi connectivity index (χ4v) is 2.22. The molecule has 18 heavy (non-hydrogen) atoms. The van der Waals surface area contributed by atoms with Crippen LogP contribution in [0.3, 0.4) is 0 Å². The van der Waals surface area contributed by atoms with Crippen LogP contribution < -0.4 is 11.1 Å². The molecule has 0 aliphatic carbocycles. The van der Waals surface area contributed by atoms with Crippen LogP contribution in [0.1, 0.15) is 30.9 Å². The lowest BCUT2D eigenvalue weighted by molar-refractivity contribution is -0.133. The van der Waals surface area contributed by atoms with Gasteiger partial charge < -0.3 is 15.8 Å². The summed E-state index contributed by atoms with van der Waals surface area (Å²) in [7, 11) is 0. The zero-order valence-electron chi connectivity index (χ0n) is 11.2. The minimum Gasteiger partial charge on any atom is -0.398 e. The summed E-state index contributed by atoms with van der Waals surface area (Å²) in [5, 5.41) is 2.92. The van der Waals surface area contributed by atoms with Gasteiger partial charge in [0.15, 0.2) is 0 Å². The molecule has 3 N–H and O–H groups in total. The summed E-state index contributed by atoms with van der Waals surface area (Å²) in [4.78, 5) is 12.2. The molecule has 4 nitrogen and oxygen atoms in total. The molecule has 1 aromatic rings. The van der Waals surface area contributed by atoms with Crippen LogP contribution in [0.4, 0.5) is 11.4 Å². The van der Waals surface area contributed by atoms with E-state index in [4.69, 9.17) is 10.5 Å². The van der Waals surface area contributed by atoms with Gasteiger partial charge in [0.2, 0.25) is 0 Å². The van der Waals surface area contributed by atoms with Crippen LogP contribution in [-0.2, 0) is 9.53 Å². The molecule has 98 valence electrons. The quantitative estimate of drug-likeness (QED) is 0.790. The number of aryl methyl sites for hydroxylation is 2. The Bertz CT molecular complexity index is 477. The van der Waals surface area contributed by atoms with Gasteiger partial charge in [0.25, 0.3) is 5.91 Å². The molecule has 1 heterocycles. The Balaban J connectivity index is 2.19. The molecule has 1 aliphatic rings. The number of rotatable bonds is 2. The Kier molecular flexibility index (Phi) is 3.30. The summed E-state index contributed by atoms with van der Waals surface area (Å²) in [5.41, 5.74) is 8.65. The van der Waals surface area contributed by atoms with Gasteiger partial charge in [-0.05, 0) is 50.8 Å². The van der Waals surface area contributed by atoms with Crippen molar-refractivity contribution >= 4 is 17.3 Å². The molecule has 0 spiro atoms. The van der Waals surface area contributed by atoms with E-state index in [9.17, 15) is 4.79 Å². The van der Waals surface area contributed by atoms with Crippen molar-refractivity contribution in [3.05, 3.63) is 23.3 Å². The van der Waals surface area contributed by atoms with Gasteiger partial charge in [0.1, 0.15) is 5.60 Å². The van der Waals surface area contributed by atoms with Crippen molar-refractivity contribution in [2.75, 3.05) is 17.7 Å². The largest absolute Gasteiger partial charge is 0.398 e. The second kappa shape index (κ2) is 4.61. The fourth-order valence-electron chi connectivity index (χ4n) is 2.22. The van der Waals surface area contributed by atoms with Crippen molar-refractivity contribution < 1.29 is 9.53 Å². The van der Waals surface area contributed by atoms with E-state index >= 15 is 0 Å². The SMILES string of the molecule is Cc1cc(C)c(NC(=O)C2(C)CCCO2)cc1N. The van der Waals surface area contributed by atoms with E-state index in [1.807, 2.05) is 26.8 Å². The highest BCUT2D eigenvalue weighted by molar-refractivity contribution is 5.98. The number of benzene rings is 1. The number of hydrogen-bond acceptors (Lipinski definition) is 3. The molecule has 1 saturated heterocycles. The summed E-state index contributed by atoms with van der Waals surface area (Å²) in [6, 6.07) is 3.78. The minimum absolute atomic E-state index is 0.0913. The number of carbonyl (C=O) groups is 1. The van der Waals surface area contributed by atoms with Crippen LogP contribution in [-0.4, -0.2) is 18.1 Å². The summed E-state index contributed by atoms with van der Waals surface area (Å²) in [6.07, 6.45) is 1.69. The average Bonchev–Trinajstić information content (AvgIpc) is 2.74. The number of nitrogens with one attached hydrogen (secondary N) is 1. The summed E-state index contributed by atoms with van der Waals surface area (Å²) >= 11 is 0. The van der Waals surface area contributed by atoms with Crippen molar-refractivity contribution in [2.45, 2.75) is 39.2 Å². The third-order valence-corrected chi connectivity index (χ3v) is 3.56. The van der Waals surface area contributed by atoms with E-state index in [2.05, 4.69) is 5.32 Å². The molecule has 1 amide bonds. The van der Waals surface area contributed by atoms with E-state index in [1.165, 1.54) is 0 Å². The van der Waals surface area contributed by atoms with Crippen molar-refractivity contribution in [3.8, 4) is 0 Å². The van der Waals surface area contributed by atoms with Crippen LogP contribution in [0.2, 0.25) is 0 Å². The van der Waals surface area contributed by atoms with Gasteiger partial charge in [-0.3, -0.25) is 4.79 Å². The lowest BCUT2D eigenvalue weighted by Crippen LogP contribution is -2.39.